The summed E-state index contributed by atoms with van der Waals surface area (Å²) in [7, 11) is 0. The lowest BCUT2D eigenvalue weighted by atomic mass is 9.93. The third kappa shape index (κ3) is 6.04. The van der Waals surface area contributed by atoms with Crippen LogP contribution in [0.4, 0.5) is 11.6 Å². The summed E-state index contributed by atoms with van der Waals surface area (Å²) in [5.41, 5.74) is 3.18. The van der Waals surface area contributed by atoms with Crippen molar-refractivity contribution in [1.82, 2.24) is 25.3 Å². The van der Waals surface area contributed by atoms with E-state index in [0.717, 1.165) is 80.9 Å². The summed E-state index contributed by atoms with van der Waals surface area (Å²) in [6.45, 7) is 5.79. The number of hydrogen-bond acceptors (Lipinski definition) is 10. The molecular weight excluding hydrogens is 498 g/mol. The van der Waals surface area contributed by atoms with Crippen LogP contribution in [0, 0.1) is 0 Å². The van der Waals surface area contributed by atoms with E-state index in [9.17, 15) is 4.79 Å². The normalized spacial score (nSPS) is 25.4. The van der Waals surface area contributed by atoms with Crippen LogP contribution in [0.3, 0.4) is 0 Å². The number of carbonyl (C=O) groups is 1. The molecule has 3 aromatic rings. The molecule has 2 saturated heterocycles. The summed E-state index contributed by atoms with van der Waals surface area (Å²) in [6.07, 6.45) is 11.2. The van der Waals surface area contributed by atoms with Crippen molar-refractivity contribution in [3.63, 3.8) is 0 Å². The summed E-state index contributed by atoms with van der Waals surface area (Å²) in [6, 6.07) is 4.45. The molecule has 39 heavy (non-hydrogen) atoms. The number of aromatic nitrogens is 4. The number of fused-ring (bicyclic) bond motifs is 1. The first-order chi connectivity index (χ1) is 19.1. The molecule has 1 aliphatic carbocycles. The lowest BCUT2D eigenvalue weighted by Gasteiger charge is -2.31. The zero-order chi connectivity index (χ0) is 26.6. The number of nitrogens with zero attached hydrogens (tertiary/aromatic N) is 5. The topological polar surface area (TPSA) is 124 Å². The van der Waals surface area contributed by atoms with Crippen molar-refractivity contribution in [2.24, 2.45) is 0 Å². The number of carbonyl (C=O) groups excluding carboxylic acids is 1. The maximum atomic E-state index is 12.5. The first-order valence-corrected chi connectivity index (χ1v) is 13.9. The number of amides is 1. The Kier molecular flexibility index (Phi) is 7.69. The van der Waals surface area contributed by atoms with Crippen molar-refractivity contribution >= 4 is 28.6 Å². The molecule has 1 aromatic carbocycles. The monoisotopic (exact) mass is 533 g/mol. The molecule has 6 rings (SSSR count). The molecular formula is C28H35N7O4. The van der Waals surface area contributed by atoms with Crippen molar-refractivity contribution in [3.05, 3.63) is 42.5 Å². The molecule has 1 saturated carbocycles. The number of benzene rings is 1. The van der Waals surface area contributed by atoms with Crippen LogP contribution in [0.2, 0.25) is 0 Å². The second-order valence-corrected chi connectivity index (χ2v) is 10.4. The van der Waals surface area contributed by atoms with Crippen LogP contribution in [0.15, 0.2) is 36.9 Å². The molecule has 2 aliphatic heterocycles. The average Bonchev–Trinajstić information content (AvgIpc) is 3.38. The van der Waals surface area contributed by atoms with E-state index < -0.39 is 0 Å². The van der Waals surface area contributed by atoms with Gasteiger partial charge in [-0.3, -0.25) is 9.78 Å². The predicted octanol–water partition coefficient (Wildman–Crippen LogP) is 2.97. The van der Waals surface area contributed by atoms with Crippen LogP contribution in [0.5, 0.6) is 5.75 Å². The number of rotatable bonds is 7. The SMILES string of the molecule is CC1OCCC1NC(=O)c1cnc(NC2CCC(Oc3cc(N4CCOCC4)cc4nccnc34)CC2)nc1. The third-order valence-electron chi connectivity index (χ3n) is 7.81. The molecule has 2 N–H and O–H groups in total. The number of ether oxygens (including phenoxy) is 3. The van der Waals surface area contributed by atoms with Gasteiger partial charge in [-0.25, -0.2) is 15.0 Å². The van der Waals surface area contributed by atoms with Crippen LogP contribution in [-0.4, -0.2) is 83.0 Å². The Morgan fingerprint density at radius 1 is 0.974 bits per heavy atom. The van der Waals surface area contributed by atoms with E-state index >= 15 is 0 Å². The van der Waals surface area contributed by atoms with Gasteiger partial charge in [0.25, 0.3) is 5.91 Å². The highest BCUT2D eigenvalue weighted by Crippen LogP contribution is 2.33. The minimum absolute atomic E-state index is 0.0234. The van der Waals surface area contributed by atoms with Gasteiger partial charge in [0.15, 0.2) is 0 Å². The van der Waals surface area contributed by atoms with E-state index in [2.05, 4.69) is 47.6 Å². The minimum Gasteiger partial charge on any atom is -0.488 e. The molecule has 4 heterocycles. The van der Waals surface area contributed by atoms with E-state index in [-0.39, 0.29) is 30.2 Å². The first kappa shape index (κ1) is 25.7. The lowest BCUT2D eigenvalue weighted by molar-refractivity contribution is 0.0865. The Hall–Kier alpha value is -3.57. The minimum atomic E-state index is -0.170. The van der Waals surface area contributed by atoms with Crippen molar-refractivity contribution in [1.29, 1.82) is 0 Å². The molecule has 0 bridgehead atoms. The van der Waals surface area contributed by atoms with Crippen molar-refractivity contribution in [2.75, 3.05) is 43.1 Å². The maximum absolute atomic E-state index is 12.5. The fraction of sp³-hybridized carbons (Fsp3) is 0.536. The maximum Gasteiger partial charge on any atom is 0.254 e. The quantitative estimate of drug-likeness (QED) is 0.468. The molecule has 3 aliphatic rings. The highest BCUT2D eigenvalue weighted by atomic mass is 16.5. The molecule has 2 unspecified atom stereocenters. The number of anilines is 2. The second kappa shape index (κ2) is 11.7. The zero-order valence-electron chi connectivity index (χ0n) is 22.2. The largest absolute Gasteiger partial charge is 0.488 e. The Morgan fingerprint density at radius 3 is 2.49 bits per heavy atom. The Labute approximate surface area is 227 Å². The number of hydrogen-bond donors (Lipinski definition) is 2. The predicted molar refractivity (Wildman–Crippen MR) is 146 cm³/mol. The highest BCUT2D eigenvalue weighted by molar-refractivity contribution is 5.94. The van der Waals surface area contributed by atoms with Gasteiger partial charge in [0, 0.05) is 62.3 Å². The summed E-state index contributed by atoms with van der Waals surface area (Å²) < 4.78 is 17.6. The molecule has 2 atom stereocenters. The molecule has 0 radical (unpaired) electrons. The van der Waals surface area contributed by atoms with Crippen LogP contribution in [0.25, 0.3) is 11.0 Å². The van der Waals surface area contributed by atoms with Gasteiger partial charge in [-0.1, -0.05) is 0 Å². The Morgan fingerprint density at radius 2 is 1.74 bits per heavy atom. The number of nitrogens with one attached hydrogen (secondary N) is 2. The van der Waals surface area contributed by atoms with Crippen molar-refractivity contribution in [2.45, 2.75) is 63.3 Å². The Balaban J connectivity index is 1.04. The van der Waals surface area contributed by atoms with Gasteiger partial charge in [0.05, 0.1) is 42.5 Å². The first-order valence-electron chi connectivity index (χ1n) is 13.9. The summed E-state index contributed by atoms with van der Waals surface area (Å²) >= 11 is 0. The van der Waals surface area contributed by atoms with Crippen LogP contribution < -0.4 is 20.3 Å². The van der Waals surface area contributed by atoms with Gasteiger partial charge < -0.3 is 29.7 Å². The van der Waals surface area contributed by atoms with Crippen molar-refractivity contribution in [3.8, 4) is 5.75 Å². The van der Waals surface area contributed by atoms with Gasteiger partial charge >= 0.3 is 0 Å². The van der Waals surface area contributed by atoms with Crippen LogP contribution in [-0.2, 0) is 9.47 Å². The molecule has 0 spiro atoms. The van der Waals surface area contributed by atoms with E-state index in [1.165, 1.54) is 0 Å². The highest BCUT2D eigenvalue weighted by Gasteiger charge is 2.27. The van der Waals surface area contributed by atoms with Gasteiger partial charge in [0.1, 0.15) is 11.3 Å². The van der Waals surface area contributed by atoms with Gasteiger partial charge in [-0.2, -0.15) is 0 Å². The average molecular weight is 534 g/mol. The van der Waals surface area contributed by atoms with Crippen LogP contribution >= 0.6 is 0 Å². The molecule has 11 heteroatoms. The molecule has 1 amide bonds. The number of morpholine rings is 1. The molecule has 206 valence electrons. The smallest absolute Gasteiger partial charge is 0.254 e. The van der Waals surface area contributed by atoms with E-state index in [0.29, 0.717) is 18.1 Å². The summed E-state index contributed by atoms with van der Waals surface area (Å²) in [4.78, 5) is 32.7. The van der Waals surface area contributed by atoms with Crippen molar-refractivity contribution < 1.29 is 19.0 Å². The molecule has 2 aromatic heterocycles. The lowest BCUT2D eigenvalue weighted by Crippen LogP contribution is -2.39. The van der Waals surface area contributed by atoms with E-state index in [1.807, 2.05) is 6.92 Å². The van der Waals surface area contributed by atoms with Crippen LogP contribution in [0.1, 0.15) is 49.4 Å². The summed E-state index contributed by atoms with van der Waals surface area (Å²) in [5, 5.41) is 6.43. The molecule has 3 fully saturated rings. The van der Waals surface area contributed by atoms with Gasteiger partial charge in [0.2, 0.25) is 5.95 Å². The fourth-order valence-corrected chi connectivity index (χ4v) is 5.50. The van der Waals surface area contributed by atoms with Gasteiger partial charge in [-0.15, -0.1) is 0 Å². The van der Waals surface area contributed by atoms with Gasteiger partial charge in [-0.05, 0) is 45.1 Å². The fourth-order valence-electron chi connectivity index (χ4n) is 5.50. The molecule has 11 nitrogen and oxygen atoms in total. The Bertz CT molecular complexity index is 1280. The zero-order valence-corrected chi connectivity index (χ0v) is 22.2. The second-order valence-electron chi connectivity index (χ2n) is 10.4. The van der Waals surface area contributed by atoms with E-state index in [4.69, 9.17) is 14.2 Å². The van der Waals surface area contributed by atoms with E-state index in [1.54, 1.807) is 24.8 Å². The third-order valence-corrected chi connectivity index (χ3v) is 7.81. The summed E-state index contributed by atoms with van der Waals surface area (Å²) in [5.74, 6) is 1.15. The standard InChI is InChI=1S/C28H35N7O4/c1-18-23(6-11-38-18)34-27(36)19-16-31-28(32-17-19)33-20-2-4-22(5-3-20)39-25-15-21(35-9-12-37-13-10-35)14-24-26(25)30-8-7-29-24/h7-8,14-18,20,22-23H,2-6,9-13H2,1H3,(H,34,36)(H,31,32,33).